The van der Waals surface area contributed by atoms with Gasteiger partial charge in [-0.3, -0.25) is 10.1 Å². The minimum Gasteiger partial charge on any atom is -0.459 e. The van der Waals surface area contributed by atoms with Crippen LogP contribution in [0, 0.1) is 10.1 Å². The second kappa shape index (κ2) is 6.55. The highest BCUT2D eigenvalue weighted by molar-refractivity contribution is 7.99. The van der Waals surface area contributed by atoms with Gasteiger partial charge in [0.25, 0.3) is 10.9 Å². The van der Waals surface area contributed by atoms with Crippen molar-refractivity contribution in [2.45, 2.75) is 17.0 Å². The highest BCUT2D eigenvalue weighted by atomic mass is 35.5. The van der Waals surface area contributed by atoms with E-state index in [4.69, 9.17) is 20.8 Å². The quantitative estimate of drug-likeness (QED) is 0.468. The molecule has 0 saturated carbocycles. The average Bonchev–Trinajstić information content (AvgIpc) is 2.89. The summed E-state index contributed by atoms with van der Waals surface area (Å²) in [4.78, 5) is 22.0. The fraction of sp³-hybridized carbons (Fsp3) is 0.182. The molecule has 1 aromatic carbocycles. The molecule has 0 aliphatic rings. The van der Waals surface area contributed by atoms with Crippen molar-refractivity contribution < 1.29 is 18.9 Å². The van der Waals surface area contributed by atoms with Gasteiger partial charge in [0.1, 0.15) is 0 Å². The van der Waals surface area contributed by atoms with Crippen molar-refractivity contribution in [2.24, 2.45) is 0 Å². The van der Waals surface area contributed by atoms with E-state index in [0.717, 1.165) is 11.8 Å². The van der Waals surface area contributed by atoms with Gasteiger partial charge in [-0.2, -0.15) is 0 Å². The van der Waals surface area contributed by atoms with Crippen molar-refractivity contribution in [1.29, 1.82) is 0 Å². The van der Waals surface area contributed by atoms with E-state index in [1.165, 1.54) is 18.2 Å². The van der Waals surface area contributed by atoms with Crippen molar-refractivity contribution in [1.82, 2.24) is 10.2 Å². The zero-order chi connectivity index (χ0) is 15.4. The minimum atomic E-state index is -0.748. The Bertz CT molecular complexity index is 690. The molecule has 0 spiro atoms. The van der Waals surface area contributed by atoms with Gasteiger partial charge in [-0.05, 0) is 30.8 Å². The van der Waals surface area contributed by atoms with Crippen LogP contribution in [0.1, 0.15) is 17.6 Å². The molecule has 0 atom stereocenters. The predicted molar refractivity (Wildman–Crippen MR) is 72.5 cm³/mol. The monoisotopic (exact) mass is 329 g/mol. The first kappa shape index (κ1) is 15.3. The zero-order valence-electron chi connectivity index (χ0n) is 10.6. The number of nitrogens with zero attached hydrogens (tertiary/aromatic N) is 3. The van der Waals surface area contributed by atoms with Crippen LogP contribution in [0.15, 0.2) is 32.7 Å². The Morgan fingerprint density at radius 3 is 2.95 bits per heavy atom. The summed E-state index contributed by atoms with van der Waals surface area (Å²) in [5.74, 6) is -1.06. The van der Waals surface area contributed by atoms with E-state index < -0.39 is 10.9 Å². The largest absolute Gasteiger partial charge is 0.459 e. The van der Waals surface area contributed by atoms with Crippen molar-refractivity contribution in [3.8, 4) is 0 Å². The lowest BCUT2D eigenvalue weighted by atomic mass is 10.3. The number of carbonyl (C=O) groups excluding carboxylic acids is 1. The van der Waals surface area contributed by atoms with Gasteiger partial charge in [0, 0.05) is 11.1 Å². The number of nitro groups is 1. The fourth-order valence-corrected chi connectivity index (χ4v) is 2.27. The molecule has 110 valence electrons. The molecular formula is C11H8ClN3O5S. The topological polar surface area (TPSA) is 108 Å². The maximum atomic E-state index is 11.4. The SMILES string of the molecule is CCOC(=O)c1nnc(Sc2ccc(Cl)cc2[N+](=O)[O-])o1. The Labute approximate surface area is 127 Å². The molecule has 0 radical (unpaired) electrons. The molecule has 2 rings (SSSR count). The number of carbonyl (C=O) groups is 1. The molecular weight excluding hydrogens is 322 g/mol. The molecule has 0 unspecified atom stereocenters. The number of rotatable bonds is 5. The molecule has 1 heterocycles. The van der Waals surface area contributed by atoms with E-state index in [2.05, 4.69) is 10.2 Å². The van der Waals surface area contributed by atoms with Gasteiger partial charge in [-0.15, -0.1) is 5.10 Å². The lowest BCUT2D eigenvalue weighted by molar-refractivity contribution is -0.387. The van der Waals surface area contributed by atoms with Gasteiger partial charge < -0.3 is 9.15 Å². The Hall–Kier alpha value is -2.13. The molecule has 1 aromatic heterocycles. The van der Waals surface area contributed by atoms with Gasteiger partial charge in [-0.1, -0.05) is 16.7 Å². The summed E-state index contributed by atoms with van der Waals surface area (Å²) in [6.45, 7) is 1.81. The number of halogens is 1. The fourth-order valence-electron chi connectivity index (χ4n) is 1.34. The van der Waals surface area contributed by atoms with Gasteiger partial charge in [-0.25, -0.2) is 4.79 Å². The Morgan fingerprint density at radius 1 is 1.52 bits per heavy atom. The molecule has 21 heavy (non-hydrogen) atoms. The molecule has 0 aliphatic heterocycles. The van der Waals surface area contributed by atoms with Crippen molar-refractivity contribution in [3.63, 3.8) is 0 Å². The summed E-state index contributed by atoms with van der Waals surface area (Å²) in [5.41, 5.74) is -0.191. The van der Waals surface area contributed by atoms with Crippen LogP contribution < -0.4 is 0 Å². The Kier molecular flexibility index (Phi) is 4.76. The third-order valence-corrected chi connectivity index (χ3v) is 3.31. The van der Waals surface area contributed by atoms with E-state index in [1.54, 1.807) is 6.92 Å². The lowest BCUT2D eigenvalue weighted by Gasteiger charge is -1.99. The first-order valence-corrected chi connectivity index (χ1v) is 6.83. The van der Waals surface area contributed by atoms with Crippen LogP contribution in [-0.2, 0) is 4.74 Å². The summed E-state index contributed by atoms with van der Waals surface area (Å²) in [6, 6.07) is 4.17. The summed E-state index contributed by atoms with van der Waals surface area (Å²) in [7, 11) is 0. The van der Waals surface area contributed by atoms with E-state index in [9.17, 15) is 14.9 Å². The molecule has 0 aliphatic carbocycles. The molecule has 0 bridgehead atoms. The second-order valence-corrected chi connectivity index (χ2v) is 4.99. The smallest absolute Gasteiger partial charge is 0.396 e. The molecule has 0 fully saturated rings. The number of nitro benzene ring substituents is 1. The Morgan fingerprint density at radius 2 is 2.29 bits per heavy atom. The highest BCUT2D eigenvalue weighted by Gasteiger charge is 2.20. The molecule has 0 saturated heterocycles. The number of esters is 1. The van der Waals surface area contributed by atoms with Crippen molar-refractivity contribution >= 4 is 35.0 Å². The van der Waals surface area contributed by atoms with Crippen LogP contribution in [0.4, 0.5) is 5.69 Å². The Balaban J connectivity index is 2.23. The van der Waals surface area contributed by atoms with Gasteiger partial charge in [0.15, 0.2) is 0 Å². The first-order chi connectivity index (χ1) is 10.0. The summed E-state index contributed by atoms with van der Waals surface area (Å²) in [6.07, 6.45) is 0. The maximum absolute atomic E-state index is 11.4. The van der Waals surface area contributed by atoms with E-state index in [0.29, 0.717) is 0 Å². The summed E-state index contributed by atoms with van der Waals surface area (Å²) in [5, 5.41) is 18.3. The summed E-state index contributed by atoms with van der Waals surface area (Å²) < 4.78 is 9.78. The van der Waals surface area contributed by atoms with Gasteiger partial charge in [0.2, 0.25) is 0 Å². The van der Waals surface area contributed by atoms with Crippen LogP contribution >= 0.6 is 23.4 Å². The molecule has 2 aromatic rings. The van der Waals surface area contributed by atoms with Crippen LogP contribution in [0.25, 0.3) is 0 Å². The number of hydrogen-bond acceptors (Lipinski definition) is 8. The number of benzene rings is 1. The van der Waals surface area contributed by atoms with Crippen molar-refractivity contribution in [3.05, 3.63) is 39.2 Å². The van der Waals surface area contributed by atoms with Crippen LogP contribution in [-0.4, -0.2) is 27.7 Å². The zero-order valence-corrected chi connectivity index (χ0v) is 12.2. The number of hydrogen-bond donors (Lipinski definition) is 0. The highest BCUT2D eigenvalue weighted by Crippen LogP contribution is 2.35. The standard InChI is InChI=1S/C11H8ClN3O5S/c1-2-19-10(16)9-13-14-11(20-9)21-8-4-3-6(12)5-7(8)15(17)18/h3-5H,2H2,1H3. The number of aromatic nitrogens is 2. The molecule has 0 amide bonds. The average molecular weight is 330 g/mol. The number of ether oxygens (including phenoxy) is 1. The van der Waals surface area contributed by atoms with Crippen LogP contribution in [0.2, 0.25) is 5.02 Å². The van der Waals surface area contributed by atoms with E-state index in [-0.39, 0.29) is 33.3 Å². The lowest BCUT2D eigenvalue weighted by Crippen LogP contribution is -2.04. The van der Waals surface area contributed by atoms with E-state index >= 15 is 0 Å². The van der Waals surface area contributed by atoms with Crippen molar-refractivity contribution in [2.75, 3.05) is 6.61 Å². The minimum absolute atomic E-state index is 0.0107. The first-order valence-electron chi connectivity index (χ1n) is 5.63. The van der Waals surface area contributed by atoms with Crippen LogP contribution in [0.5, 0.6) is 0 Å². The third kappa shape index (κ3) is 3.70. The molecule has 8 nitrogen and oxygen atoms in total. The summed E-state index contributed by atoms with van der Waals surface area (Å²) >= 11 is 6.58. The van der Waals surface area contributed by atoms with Gasteiger partial charge in [0.05, 0.1) is 16.4 Å². The third-order valence-electron chi connectivity index (χ3n) is 2.17. The van der Waals surface area contributed by atoms with E-state index in [1.807, 2.05) is 0 Å². The predicted octanol–water partition coefficient (Wildman–Crippen LogP) is 2.96. The molecule has 10 heteroatoms. The maximum Gasteiger partial charge on any atom is 0.396 e. The normalized spacial score (nSPS) is 10.4. The van der Waals surface area contributed by atoms with Crippen LogP contribution in [0.3, 0.4) is 0 Å². The molecule has 0 N–H and O–H groups in total. The van der Waals surface area contributed by atoms with Gasteiger partial charge >= 0.3 is 11.9 Å². The second-order valence-electron chi connectivity index (χ2n) is 3.56.